The minimum Gasteiger partial charge on any atom is -0.207 e. The van der Waals surface area contributed by atoms with Gasteiger partial charge in [-0.2, -0.15) is 4.31 Å². The lowest BCUT2D eigenvalue weighted by molar-refractivity contribution is 0.440. The van der Waals surface area contributed by atoms with E-state index < -0.39 is 10.0 Å². The van der Waals surface area contributed by atoms with Gasteiger partial charge in [0.05, 0.1) is 10.9 Å². The van der Waals surface area contributed by atoms with E-state index in [2.05, 4.69) is 22.6 Å². The number of benzene rings is 2. The minimum atomic E-state index is -3.36. The molecule has 0 radical (unpaired) electrons. The maximum atomic E-state index is 12.4. The fourth-order valence-corrected chi connectivity index (χ4v) is 4.62. The summed E-state index contributed by atoms with van der Waals surface area (Å²) in [7, 11) is -1.72. The van der Waals surface area contributed by atoms with Gasteiger partial charge in [0.2, 0.25) is 10.0 Å². The molecule has 0 bridgehead atoms. The highest BCUT2D eigenvalue weighted by molar-refractivity contribution is 14.1. The molecule has 1 unspecified atom stereocenters. The van der Waals surface area contributed by atoms with Crippen molar-refractivity contribution in [3.05, 3.63) is 63.2 Å². The van der Waals surface area contributed by atoms with E-state index in [1.165, 1.54) is 4.31 Å². The quantitative estimate of drug-likeness (QED) is 0.708. The van der Waals surface area contributed by atoms with Gasteiger partial charge in [0.1, 0.15) is 0 Å². The van der Waals surface area contributed by atoms with Gasteiger partial charge in [0.25, 0.3) is 0 Å². The van der Waals surface area contributed by atoms with Crippen LogP contribution in [0.15, 0.2) is 53.4 Å². The summed E-state index contributed by atoms with van der Waals surface area (Å²) in [4.78, 5) is 0.418. The van der Waals surface area contributed by atoms with Crippen LogP contribution in [-0.2, 0) is 10.0 Å². The van der Waals surface area contributed by atoms with E-state index in [1.54, 1.807) is 19.2 Å². The number of hydrogen-bond acceptors (Lipinski definition) is 2. The SMILES string of the molecule is CN1C(c2cccc(I)c2)c2ccccc2S1(=O)=O. The molecule has 0 aromatic heterocycles. The number of halogens is 1. The Morgan fingerprint density at radius 1 is 1.11 bits per heavy atom. The van der Waals surface area contributed by atoms with Crippen LogP contribution in [0.4, 0.5) is 0 Å². The van der Waals surface area contributed by atoms with Crippen molar-refractivity contribution in [3.8, 4) is 0 Å². The highest BCUT2D eigenvalue weighted by Crippen LogP contribution is 2.41. The van der Waals surface area contributed by atoms with Crippen LogP contribution in [0.5, 0.6) is 0 Å². The fraction of sp³-hybridized carbons (Fsp3) is 0.143. The molecular weight excluding hydrogens is 373 g/mol. The molecule has 1 heterocycles. The van der Waals surface area contributed by atoms with E-state index >= 15 is 0 Å². The van der Waals surface area contributed by atoms with Gasteiger partial charge in [-0.1, -0.05) is 30.3 Å². The van der Waals surface area contributed by atoms with Crippen LogP contribution in [0.25, 0.3) is 0 Å². The number of fused-ring (bicyclic) bond motifs is 1. The van der Waals surface area contributed by atoms with E-state index in [-0.39, 0.29) is 6.04 Å². The molecule has 3 rings (SSSR count). The Kier molecular flexibility index (Phi) is 3.15. The fourth-order valence-electron chi connectivity index (χ4n) is 2.50. The predicted molar refractivity (Wildman–Crippen MR) is 82.4 cm³/mol. The second kappa shape index (κ2) is 4.57. The van der Waals surface area contributed by atoms with Gasteiger partial charge in [0, 0.05) is 10.6 Å². The van der Waals surface area contributed by atoms with Gasteiger partial charge in [-0.15, -0.1) is 0 Å². The summed E-state index contributed by atoms with van der Waals surface area (Å²) in [6.07, 6.45) is 0. The van der Waals surface area contributed by atoms with Gasteiger partial charge in [0.15, 0.2) is 0 Å². The van der Waals surface area contributed by atoms with Crippen molar-refractivity contribution in [2.45, 2.75) is 10.9 Å². The summed E-state index contributed by atoms with van der Waals surface area (Å²) in [6.45, 7) is 0. The summed E-state index contributed by atoms with van der Waals surface area (Å²) in [6, 6.07) is 14.9. The molecule has 0 fully saturated rings. The minimum absolute atomic E-state index is 0.226. The van der Waals surface area contributed by atoms with Crippen LogP contribution in [0.3, 0.4) is 0 Å². The van der Waals surface area contributed by atoms with Crippen LogP contribution in [0.1, 0.15) is 17.2 Å². The first-order valence-electron chi connectivity index (χ1n) is 5.84. The molecule has 1 aliphatic heterocycles. The molecule has 0 saturated heterocycles. The number of sulfonamides is 1. The van der Waals surface area contributed by atoms with Crippen molar-refractivity contribution in [3.63, 3.8) is 0 Å². The summed E-state index contributed by atoms with van der Waals surface area (Å²) >= 11 is 2.24. The van der Waals surface area contributed by atoms with Gasteiger partial charge in [-0.3, -0.25) is 0 Å². The normalized spacial score (nSPS) is 21.3. The average Bonchev–Trinajstić information content (AvgIpc) is 2.58. The lowest BCUT2D eigenvalue weighted by Gasteiger charge is -2.19. The Bertz CT molecular complexity index is 743. The molecule has 19 heavy (non-hydrogen) atoms. The molecule has 0 aliphatic carbocycles. The first-order chi connectivity index (χ1) is 9.01. The maximum Gasteiger partial charge on any atom is 0.244 e. The Hall–Kier alpha value is -0.920. The number of rotatable bonds is 1. The third kappa shape index (κ3) is 2.00. The second-order valence-corrected chi connectivity index (χ2v) is 7.73. The molecule has 2 aromatic rings. The lowest BCUT2D eigenvalue weighted by Crippen LogP contribution is -2.24. The Balaban J connectivity index is 2.24. The smallest absolute Gasteiger partial charge is 0.207 e. The molecule has 1 atom stereocenters. The van der Waals surface area contributed by atoms with Crippen molar-refractivity contribution in [2.75, 3.05) is 7.05 Å². The molecule has 5 heteroatoms. The van der Waals surface area contributed by atoms with E-state index in [0.29, 0.717) is 4.90 Å². The molecule has 98 valence electrons. The first-order valence-corrected chi connectivity index (χ1v) is 8.36. The molecule has 2 aromatic carbocycles. The molecule has 0 saturated carbocycles. The molecule has 0 spiro atoms. The zero-order valence-electron chi connectivity index (χ0n) is 10.2. The van der Waals surface area contributed by atoms with Crippen LogP contribution in [0.2, 0.25) is 0 Å². The standard InChI is InChI=1S/C14H12INO2S/c1-16-14(10-5-4-6-11(15)9-10)12-7-2-3-8-13(12)19(16,17)18/h2-9,14H,1H3. The van der Waals surface area contributed by atoms with Crippen LogP contribution >= 0.6 is 22.6 Å². The van der Waals surface area contributed by atoms with E-state index in [9.17, 15) is 8.42 Å². The Morgan fingerprint density at radius 3 is 2.58 bits per heavy atom. The third-order valence-corrected chi connectivity index (χ3v) is 5.97. The number of hydrogen-bond donors (Lipinski definition) is 0. The highest BCUT2D eigenvalue weighted by atomic mass is 127. The monoisotopic (exact) mass is 385 g/mol. The zero-order chi connectivity index (χ0) is 13.6. The van der Waals surface area contributed by atoms with E-state index in [4.69, 9.17) is 0 Å². The lowest BCUT2D eigenvalue weighted by atomic mass is 9.99. The molecule has 0 N–H and O–H groups in total. The summed E-state index contributed by atoms with van der Waals surface area (Å²) in [5.41, 5.74) is 1.86. The van der Waals surface area contributed by atoms with Crippen molar-refractivity contribution in [1.82, 2.24) is 4.31 Å². The van der Waals surface area contributed by atoms with Gasteiger partial charge in [-0.25, -0.2) is 8.42 Å². The Morgan fingerprint density at radius 2 is 1.84 bits per heavy atom. The van der Waals surface area contributed by atoms with Gasteiger partial charge < -0.3 is 0 Å². The second-order valence-electron chi connectivity index (χ2n) is 4.52. The number of nitrogens with zero attached hydrogens (tertiary/aromatic N) is 1. The summed E-state index contributed by atoms with van der Waals surface area (Å²) in [5.74, 6) is 0. The van der Waals surface area contributed by atoms with E-state index in [1.807, 2.05) is 36.4 Å². The maximum absolute atomic E-state index is 12.4. The molecule has 0 amide bonds. The van der Waals surface area contributed by atoms with Crippen molar-refractivity contribution >= 4 is 32.6 Å². The van der Waals surface area contributed by atoms with Crippen LogP contribution in [0, 0.1) is 3.57 Å². The topological polar surface area (TPSA) is 37.4 Å². The molecule has 1 aliphatic rings. The third-order valence-electron chi connectivity index (χ3n) is 3.40. The van der Waals surface area contributed by atoms with Crippen molar-refractivity contribution in [1.29, 1.82) is 0 Å². The Labute approximate surface area is 126 Å². The largest absolute Gasteiger partial charge is 0.244 e. The van der Waals surface area contributed by atoms with Gasteiger partial charge >= 0.3 is 0 Å². The van der Waals surface area contributed by atoms with Gasteiger partial charge in [-0.05, 0) is 51.9 Å². The average molecular weight is 385 g/mol. The summed E-state index contributed by atoms with van der Waals surface area (Å²) < 4.78 is 27.3. The highest BCUT2D eigenvalue weighted by Gasteiger charge is 2.40. The van der Waals surface area contributed by atoms with Crippen LogP contribution in [-0.4, -0.2) is 19.8 Å². The summed E-state index contributed by atoms with van der Waals surface area (Å²) in [5, 5.41) is 0. The zero-order valence-corrected chi connectivity index (χ0v) is 13.2. The van der Waals surface area contributed by atoms with Crippen molar-refractivity contribution < 1.29 is 8.42 Å². The van der Waals surface area contributed by atoms with E-state index in [0.717, 1.165) is 14.7 Å². The van der Waals surface area contributed by atoms with Crippen molar-refractivity contribution in [2.24, 2.45) is 0 Å². The predicted octanol–water partition coefficient (Wildman–Crippen LogP) is 3.01. The molecule has 3 nitrogen and oxygen atoms in total. The first kappa shape index (κ1) is 13.1. The molecular formula is C14H12INO2S. The van der Waals surface area contributed by atoms with Crippen LogP contribution < -0.4 is 0 Å².